The minimum atomic E-state index is -0.913. The zero-order valence-corrected chi connectivity index (χ0v) is 21.8. The molecule has 0 bridgehead atoms. The molecule has 1 atom stereocenters. The molecule has 0 fully saturated rings. The SMILES string of the molecule is COc1cc(OC)cc(C(CC(C)C)NC(=O)c2cc(COc3ccccc3)ccc2CCC(=O)O)c1. The van der Waals surface area contributed by atoms with E-state index in [-0.39, 0.29) is 31.4 Å². The van der Waals surface area contributed by atoms with Crippen LogP contribution in [0.15, 0.2) is 66.7 Å². The van der Waals surface area contributed by atoms with Crippen LogP contribution in [0, 0.1) is 5.92 Å². The number of hydrogen-bond acceptors (Lipinski definition) is 5. The third kappa shape index (κ3) is 8.27. The molecule has 1 amide bonds. The second-order valence-corrected chi connectivity index (χ2v) is 9.29. The molecule has 2 N–H and O–H groups in total. The third-order valence-electron chi connectivity index (χ3n) is 5.96. The minimum Gasteiger partial charge on any atom is -0.497 e. The molecule has 0 aromatic heterocycles. The summed E-state index contributed by atoms with van der Waals surface area (Å²) in [5.41, 5.74) is 2.80. The van der Waals surface area contributed by atoms with E-state index in [1.54, 1.807) is 26.4 Å². The molecule has 0 radical (unpaired) electrons. The molecule has 3 rings (SSSR count). The van der Waals surface area contributed by atoms with Gasteiger partial charge in [0.25, 0.3) is 5.91 Å². The highest BCUT2D eigenvalue weighted by Crippen LogP contribution is 2.30. The van der Waals surface area contributed by atoms with Crippen LogP contribution in [-0.4, -0.2) is 31.2 Å². The maximum atomic E-state index is 13.6. The molecule has 0 heterocycles. The van der Waals surface area contributed by atoms with Crippen molar-refractivity contribution in [3.63, 3.8) is 0 Å². The van der Waals surface area contributed by atoms with Gasteiger partial charge in [0.1, 0.15) is 23.9 Å². The number of amides is 1. The summed E-state index contributed by atoms with van der Waals surface area (Å²) < 4.78 is 16.7. The molecule has 0 spiro atoms. The van der Waals surface area contributed by atoms with Crippen molar-refractivity contribution in [1.82, 2.24) is 5.32 Å². The van der Waals surface area contributed by atoms with Crippen LogP contribution in [0.1, 0.15) is 59.8 Å². The van der Waals surface area contributed by atoms with Crippen LogP contribution in [0.5, 0.6) is 17.2 Å². The van der Waals surface area contributed by atoms with Crippen LogP contribution < -0.4 is 19.5 Å². The van der Waals surface area contributed by atoms with E-state index < -0.39 is 5.97 Å². The molecular weight excluding hydrogens is 470 g/mol. The van der Waals surface area contributed by atoms with Gasteiger partial charge in [-0.2, -0.15) is 0 Å². The van der Waals surface area contributed by atoms with Crippen LogP contribution in [0.2, 0.25) is 0 Å². The van der Waals surface area contributed by atoms with Crippen LogP contribution >= 0.6 is 0 Å². The van der Waals surface area contributed by atoms with Crippen LogP contribution in [0.3, 0.4) is 0 Å². The molecule has 7 heteroatoms. The molecule has 196 valence electrons. The van der Waals surface area contributed by atoms with E-state index in [2.05, 4.69) is 19.2 Å². The lowest BCUT2D eigenvalue weighted by atomic mass is 9.95. The molecule has 0 aliphatic heterocycles. The Hall–Kier alpha value is -4.00. The molecule has 3 aromatic carbocycles. The first kappa shape index (κ1) is 27.6. The number of nitrogens with one attached hydrogen (secondary N) is 1. The zero-order valence-electron chi connectivity index (χ0n) is 21.8. The Kier molecular flexibility index (Phi) is 9.95. The molecule has 0 aliphatic rings. The summed E-state index contributed by atoms with van der Waals surface area (Å²) in [6, 6.07) is 20.2. The first-order valence-electron chi connectivity index (χ1n) is 12.3. The summed E-state index contributed by atoms with van der Waals surface area (Å²) in [4.78, 5) is 24.9. The molecule has 1 unspecified atom stereocenters. The van der Waals surface area contributed by atoms with Crippen molar-refractivity contribution in [1.29, 1.82) is 0 Å². The molecule has 3 aromatic rings. The Balaban J connectivity index is 1.90. The third-order valence-corrected chi connectivity index (χ3v) is 5.96. The van der Waals surface area contributed by atoms with Gasteiger partial charge in [-0.25, -0.2) is 0 Å². The number of benzene rings is 3. The molecular formula is C30H35NO6. The van der Waals surface area contributed by atoms with Crippen molar-refractivity contribution in [3.05, 3.63) is 89.0 Å². The van der Waals surface area contributed by atoms with Crippen LogP contribution in [0.4, 0.5) is 0 Å². The summed E-state index contributed by atoms with van der Waals surface area (Å²) in [6.45, 7) is 4.47. The van der Waals surface area contributed by atoms with E-state index in [1.807, 2.05) is 54.6 Å². The van der Waals surface area contributed by atoms with Crippen molar-refractivity contribution in [2.75, 3.05) is 14.2 Å². The number of methoxy groups -OCH3 is 2. The Morgan fingerprint density at radius 2 is 1.57 bits per heavy atom. The van der Waals surface area contributed by atoms with E-state index in [1.165, 1.54) is 0 Å². The van der Waals surface area contributed by atoms with E-state index in [0.717, 1.165) is 16.9 Å². The fourth-order valence-corrected chi connectivity index (χ4v) is 4.08. The second-order valence-electron chi connectivity index (χ2n) is 9.29. The van der Waals surface area contributed by atoms with E-state index in [0.29, 0.717) is 35.0 Å². The van der Waals surface area contributed by atoms with Crippen molar-refractivity contribution in [2.45, 2.75) is 45.8 Å². The Morgan fingerprint density at radius 3 is 2.16 bits per heavy atom. The zero-order chi connectivity index (χ0) is 26.8. The number of para-hydroxylation sites is 1. The first-order valence-corrected chi connectivity index (χ1v) is 12.3. The largest absolute Gasteiger partial charge is 0.497 e. The lowest BCUT2D eigenvalue weighted by Gasteiger charge is -2.23. The van der Waals surface area contributed by atoms with E-state index in [9.17, 15) is 14.7 Å². The van der Waals surface area contributed by atoms with Gasteiger partial charge in [-0.05, 0) is 65.8 Å². The molecule has 0 saturated heterocycles. The highest BCUT2D eigenvalue weighted by Gasteiger charge is 2.21. The summed E-state index contributed by atoms with van der Waals surface area (Å²) in [7, 11) is 3.18. The number of carboxylic acid groups (broad SMARTS) is 1. The van der Waals surface area contributed by atoms with Crippen molar-refractivity contribution >= 4 is 11.9 Å². The fourth-order valence-electron chi connectivity index (χ4n) is 4.08. The smallest absolute Gasteiger partial charge is 0.303 e. The maximum absolute atomic E-state index is 13.6. The van der Waals surface area contributed by atoms with Gasteiger partial charge in [-0.15, -0.1) is 0 Å². The number of carbonyl (C=O) groups is 2. The number of rotatable bonds is 13. The van der Waals surface area contributed by atoms with Gasteiger partial charge in [0.15, 0.2) is 0 Å². The van der Waals surface area contributed by atoms with E-state index in [4.69, 9.17) is 14.2 Å². The number of hydrogen-bond donors (Lipinski definition) is 2. The summed E-state index contributed by atoms with van der Waals surface area (Å²) >= 11 is 0. The molecule has 0 saturated carbocycles. The Bertz CT molecular complexity index is 1170. The number of carboxylic acids is 1. The van der Waals surface area contributed by atoms with Gasteiger partial charge in [0.05, 0.1) is 20.3 Å². The molecule has 7 nitrogen and oxygen atoms in total. The summed E-state index contributed by atoms with van der Waals surface area (Å²) in [5, 5.41) is 12.4. The van der Waals surface area contributed by atoms with Gasteiger partial charge in [0, 0.05) is 18.1 Å². The molecule has 37 heavy (non-hydrogen) atoms. The average Bonchev–Trinajstić information content (AvgIpc) is 2.90. The topological polar surface area (TPSA) is 94.1 Å². The van der Waals surface area contributed by atoms with Crippen LogP contribution in [-0.2, 0) is 17.8 Å². The monoisotopic (exact) mass is 505 g/mol. The lowest BCUT2D eigenvalue weighted by molar-refractivity contribution is -0.136. The number of aryl methyl sites for hydroxylation is 1. The van der Waals surface area contributed by atoms with Gasteiger partial charge in [0.2, 0.25) is 0 Å². The highest BCUT2D eigenvalue weighted by molar-refractivity contribution is 5.96. The predicted octanol–water partition coefficient (Wildman–Crippen LogP) is 5.82. The minimum absolute atomic E-state index is 0.0668. The van der Waals surface area contributed by atoms with Gasteiger partial charge in [-0.1, -0.05) is 44.2 Å². The Labute approximate surface area is 218 Å². The highest BCUT2D eigenvalue weighted by atomic mass is 16.5. The number of aliphatic carboxylic acids is 1. The number of carbonyl (C=O) groups excluding carboxylic acids is 1. The first-order chi connectivity index (χ1) is 17.8. The van der Waals surface area contributed by atoms with Crippen molar-refractivity contribution < 1.29 is 28.9 Å². The van der Waals surface area contributed by atoms with E-state index >= 15 is 0 Å². The van der Waals surface area contributed by atoms with Crippen molar-refractivity contribution in [2.24, 2.45) is 5.92 Å². The Morgan fingerprint density at radius 1 is 0.892 bits per heavy atom. The summed E-state index contributed by atoms with van der Waals surface area (Å²) in [6.07, 6.45) is 0.881. The standard InChI is InChI=1S/C30H35NO6/c1-20(2)14-28(23-16-25(35-3)18-26(17-23)36-4)31-30(34)27-15-21(10-11-22(27)12-13-29(32)33)19-37-24-8-6-5-7-9-24/h5-11,15-18,20,28H,12-14,19H2,1-4H3,(H,31,34)(H,32,33). The van der Waals surface area contributed by atoms with Crippen molar-refractivity contribution in [3.8, 4) is 17.2 Å². The normalized spacial score (nSPS) is 11.6. The molecule has 0 aliphatic carbocycles. The quantitative estimate of drug-likeness (QED) is 0.304. The van der Waals surface area contributed by atoms with Gasteiger partial charge >= 0.3 is 5.97 Å². The summed E-state index contributed by atoms with van der Waals surface area (Å²) in [5.74, 6) is 1.13. The van der Waals surface area contributed by atoms with Gasteiger partial charge < -0.3 is 24.6 Å². The van der Waals surface area contributed by atoms with Crippen LogP contribution in [0.25, 0.3) is 0 Å². The number of ether oxygens (including phenoxy) is 3. The lowest BCUT2D eigenvalue weighted by Crippen LogP contribution is -2.30. The van der Waals surface area contributed by atoms with Gasteiger partial charge in [-0.3, -0.25) is 9.59 Å². The predicted molar refractivity (Wildman–Crippen MR) is 142 cm³/mol. The maximum Gasteiger partial charge on any atom is 0.303 e. The second kappa shape index (κ2) is 13.3. The average molecular weight is 506 g/mol. The fraction of sp³-hybridized carbons (Fsp3) is 0.333.